The Morgan fingerprint density at radius 1 is 1.43 bits per heavy atom. The number of furan rings is 1. The van der Waals surface area contributed by atoms with E-state index in [0.29, 0.717) is 35.5 Å². The zero-order chi connectivity index (χ0) is 15.8. The number of carbonyl (C=O) groups excluding carboxylic acids is 1. The van der Waals surface area contributed by atoms with Crippen molar-refractivity contribution < 1.29 is 9.21 Å². The third-order valence-corrected chi connectivity index (χ3v) is 4.65. The Morgan fingerprint density at radius 2 is 2.30 bits per heavy atom. The van der Waals surface area contributed by atoms with Gasteiger partial charge in [0.25, 0.3) is 0 Å². The second kappa shape index (κ2) is 5.92. The molecule has 0 bridgehead atoms. The number of hydrogen-bond acceptors (Lipinski definition) is 6. The van der Waals surface area contributed by atoms with E-state index in [4.69, 9.17) is 16.0 Å². The van der Waals surface area contributed by atoms with Crippen LogP contribution in [-0.2, 0) is 11.3 Å². The Bertz CT molecular complexity index is 842. The number of fused-ring (bicyclic) bond motifs is 1. The number of carbonyl (C=O) groups is 1. The maximum absolute atomic E-state index is 12.0. The number of thiazole rings is 1. The highest BCUT2D eigenvalue weighted by atomic mass is 35.5. The molecule has 0 atom stereocenters. The first-order valence-corrected chi connectivity index (χ1v) is 8.40. The second-order valence-electron chi connectivity index (χ2n) is 5.48. The van der Waals surface area contributed by atoms with Gasteiger partial charge < -0.3 is 9.73 Å². The molecular weight excluding hydrogens is 336 g/mol. The minimum absolute atomic E-state index is 0.00384. The molecule has 0 spiro atoms. The summed E-state index contributed by atoms with van der Waals surface area (Å²) >= 11 is 7.34. The molecule has 1 aliphatic heterocycles. The molecule has 3 aromatic rings. The summed E-state index contributed by atoms with van der Waals surface area (Å²) in [4.78, 5) is 22.4. The van der Waals surface area contributed by atoms with Crippen molar-refractivity contribution in [2.24, 2.45) is 5.92 Å². The van der Waals surface area contributed by atoms with Crippen molar-refractivity contribution in [3.8, 4) is 0 Å². The molecule has 1 aliphatic rings. The van der Waals surface area contributed by atoms with Crippen LogP contribution in [0.1, 0.15) is 5.76 Å². The molecule has 0 aromatic carbocycles. The van der Waals surface area contributed by atoms with E-state index >= 15 is 0 Å². The van der Waals surface area contributed by atoms with Crippen molar-refractivity contribution in [3.05, 3.63) is 40.7 Å². The van der Waals surface area contributed by atoms with E-state index in [1.54, 1.807) is 12.4 Å². The van der Waals surface area contributed by atoms with Gasteiger partial charge in [-0.2, -0.15) is 0 Å². The maximum Gasteiger partial charge on any atom is 0.231 e. The number of nitrogens with one attached hydrogen (secondary N) is 1. The molecule has 3 aromatic heterocycles. The summed E-state index contributed by atoms with van der Waals surface area (Å²) < 4.78 is 5.69. The summed E-state index contributed by atoms with van der Waals surface area (Å²) in [7, 11) is 0. The molecule has 0 aliphatic carbocycles. The summed E-state index contributed by atoms with van der Waals surface area (Å²) in [5.74, 6) is 0.846. The van der Waals surface area contributed by atoms with Crippen molar-refractivity contribution in [2.75, 3.05) is 18.4 Å². The molecule has 0 saturated carbocycles. The van der Waals surface area contributed by atoms with E-state index in [1.807, 2.05) is 17.5 Å². The van der Waals surface area contributed by atoms with Gasteiger partial charge in [-0.05, 0) is 12.1 Å². The minimum Gasteiger partial charge on any atom is -0.441 e. The Balaban J connectivity index is 1.33. The van der Waals surface area contributed by atoms with Crippen LogP contribution in [0.3, 0.4) is 0 Å². The molecule has 1 N–H and O–H groups in total. The van der Waals surface area contributed by atoms with Crippen LogP contribution in [-0.4, -0.2) is 33.9 Å². The quantitative estimate of drug-likeness (QED) is 0.784. The van der Waals surface area contributed by atoms with Crippen LogP contribution in [0.5, 0.6) is 0 Å². The fourth-order valence-electron chi connectivity index (χ4n) is 2.61. The number of nitrogens with zero attached hydrogens (tertiary/aromatic N) is 3. The van der Waals surface area contributed by atoms with Crippen LogP contribution in [0.2, 0.25) is 5.02 Å². The van der Waals surface area contributed by atoms with Gasteiger partial charge in [0, 0.05) is 36.2 Å². The highest BCUT2D eigenvalue weighted by Crippen LogP contribution is 2.25. The molecule has 0 unspecified atom stereocenters. The number of likely N-dealkylation sites (tertiary alicyclic amines) is 1. The van der Waals surface area contributed by atoms with E-state index in [9.17, 15) is 4.79 Å². The summed E-state index contributed by atoms with van der Waals surface area (Å²) in [5, 5.41) is 6.80. The lowest BCUT2D eigenvalue weighted by molar-refractivity contribution is -0.125. The molecule has 1 fully saturated rings. The lowest BCUT2D eigenvalue weighted by Gasteiger charge is -2.37. The molecule has 0 radical (unpaired) electrons. The van der Waals surface area contributed by atoms with E-state index < -0.39 is 0 Å². The zero-order valence-electron chi connectivity index (χ0n) is 12.0. The number of anilines is 1. The smallest absolute Gasteiger partial charge is 0.231 e. The van der Waals surface area contributed by atoms with Crippen molar-refractivity contribution >= 4 is 45.1 Å². The molecule has 4 heterocycles. The topological polar surface area (TPSA) is 71.3 Å². The normalized spacial score (nSPS) is 15.7. The number of hydrogen-bond donors (Lipinski definition) is 1. The molecule has 1 saturated heterocycles. The van der Waals surface area contributed by atoms with Gasteiger partial charge in [0.15, 0.2) is 5.13 Å². The molecule has 8 heteroatoms. The standard InChI is InChI=1S/C15H13ClN4O2S/c16-11-3-9-4-12(22-14(9)18-5-11)8-20-6-10(7-20)13(21)19-15-17-1-2-23-15/h1-5,10H,6-8H2,(H,17,19,21). The van der Waals surface area contributed by atoms with Crippen molar-refractivity contribution in [1.29, 1.82) is 0 Å². The summed E-state index contributed by atoms with van der Waals surface area (Å²) in [6.07, 6.45) is 3.25. The van der Waals surface area contributed by atoms with Crippen molar-refractivity contribution in [3.63, 3.8) is 0 Å². The average Bonchev–Trinajstić information content (AvgIpc) is 3.10. The summed E-state index contributed by atoms with van der Waals surface area (Å²) in [6.45, 7) is 2.08. The molecule has 118 valence electrons. The summed E-state index contributed by atoms with van der Waals surface area (Å²) in [6, 6.07) is 3.77. The number of pyridine rings is 1. The Kier molecular flexibility index (Phi) is 3.76. The number of aromatic nitrogens is 2. The zero-order valence-corrected chi connectivity index (χ0v) is 13.6. The third kappa shape index (κ3) is 3.08. The van der Waals surface area contributed by atoms with Gasteiger partial charge in [0.2, 0.25) is 11.6 Å². The summed E-state index contributed by atoms with van der Waals surface area (Å²) in [5.41, 5.74) is 0.586. The molecular formula is C15H13ClN4O2S. The number of rotatable bonds is 4. The van der Waals surface area contributed by atoms with Gasteiger partial charge in [0.05, 0.1) is 17.5 Å². The highest BCUT2D eigenvalue weighted by molar-refractivity contribution is 7.13. The fraction of sp³-hybridized carbons (Fsp3) is 0.267. The molecule has 23 heavy (non-hydrogen) atoms. The van der Waals surface area contributed by atoms with Crippen LogP contribution in [0.25, 0.3) is 11.1 Å². The van der Waals surface area contributed by atoms with Gasteiger partial charge in [-0.3, -0.25) is 9.69 Å². The fourth-order valence-corrected chi connectivity index (χ4v) is 3.31. The Labute approximate surface area is 141 Å². The van der Waals surface area contributed by atoms with E-state index in [2.05, 4.69) is 20.2 Å². The van der Waals surface area contributed by atoms with Crippen LogP contribution in [0.15, 0.2) is 34.3 Å². The van der Waals surface area contributed by atoms with Crippen LogP contribution >= 0.6 is 22.9 Å². The van der Waals surface area contributed by atoms with Gasteiger partial charge in [-0.25, -0.2) is 9.97 Å². The number of amides is 1. The molecule has 4 rings (SSSR count). The highest BCUT2D eigenvalue weighted by Gasteiger charge is 2.33. The second-order valence-corrected chi connectivity index (χ2v) is 6.81. The predicted molar refractivity (Wildman–Crippen MR) is 88.5 cm³/mol. The SMILES string of the molecule is O=C(Nc1nccs1)C1CN(Cc2cc3cc(Cl)cnc3o2)C1. The van der Waals surface area contributed by atoms with Gasteiger partial charge in [-0.15, -0.1) is 11.3 Å². The minimum atomic E-state index is -0.00384. The van der Waals surface area contributed by atoms with E-state index in [-0.39, 0.29) is 11.8 Å². The van der Waals surface area contributed by atoms with Crippen LogP contribution in [0, 0.1) is 5.92 Å². The van der Waals surface area contributed by atoms with Crippen LogP contribution in [0.4, 0.5) is 5.13 Å². The molecule has 1 amide bonds. The van der Waals surface area contributed by atoms with E-state index in [1.165, 1.54) is 11.3 Å². The van der Waals surface area contributed by atoms with Gasteiger partial charge in [-0.1, -0.05) is 11.6 Å². The van der Waals surface area contributed by atoms with E-state index in [0.717, 1.165) is 11.1 Å². The lowest BCUT2D eigenvalue weighted by atomic mass is 9.99. The predicted octanol–water partition coefficient (Wildman–Crippen LogP) is 3.01. The third-order valence-electron chi connectivity index (χ3n) is 3.76. The Hall–Kier alpha value is -1.96. The lowest BCUT2D eigenvalue weighted by Crippen LogP contribution is -2.51. The van der Waals surface area contributed by atoms with Crippen molar-refractivity contribution in [2.45, 2.75) is 6.54 Å². The monoisotopic (exact) mass is 348 g/mol. The first-order chi connectivity index (χ1) is 11.2. The van der Waals surface area contributed by atoms with Crippen molar-refractivity contribution in [1.82, 2.24) is 14.9 Å². The maximum atomic E-state index is 12.0. The average molecular weight is 349 g/mol. The van der Waals surface area contributed by atoms with Gasteiger partial charge in [0.1, 0.15) is 5.76 Å². The Morgan fingerprint density at radius 3 is 3.09 bits per heavy atom. The van der Waals surface area contributed by atoms with Gasteiger partial charge >= 0.3 is 0 Å². The number of halogens is 1. The first-order valence-electron chi connectivity index (χ1n) is 7.14. The first kappa shape index (κ1) is 14.6. The molecule has 6 nitrogen and oxygen atoms in total. The van der Waals surface area contributed by atoms with Crippen LogP contribution < -0.4 is 5.32 Å². The largest absolute Gasteiger partial charge is 0.441 e.